The van der Waals surface area contributed by atoms with Gasteiger partial charge < -0.3 is 15.0 Å². The van der Waals surface area contributed by atoms with Crippen molar-refractivity contribution in [3.8, 4) is 6.07 Å². The van der Waals surface area contributed by atoms with E-state index in [2.05, 4.69) is 21.3 Å². The topological polar surface area (TPSA) is 82.7 Å². The van der Waals surface area contributed by atoms with Crippen molar-refractivity contribution in [2.45, 2.75) is 21.3 Å². The van der Waals surface area contributed by atoms with Crippen LogP contribution >= 0.6 is 0 Å². The van der Waals surface area contributed by atoms with Gasteiger partial charge in [0.1, 0.15) is 17.5 Å². The van der Waals surface area contributed by atoms with Crippen LogP contribution in [0.15, 0.2) is 24.3 Å². The van der Waals surface area contributed by atoms with Crippen LogP contribution in [0.25, 0.3) is 16.7 Å². The van der Waals surface area contributed by atoms with E-state index < -0.39 is 5.97 Å². The van der Waals surface area contributed by atoms with Gasteiger partial charge in [0.15, 0.2) is 5.65 Å². The van der Waals surface area contributed by atoms with Gasteiger partial charge in [0, 0.05) is 31.7 Å². The summed E-state index contributed by atoms with van der Waals surface area (Å²) in [6, 6.07) is 9.99. The number of ether oxygens (including phenoxy) is 1. The Morgan fingerprint density at radius 1 is 1.32 bits per heavy atom. The van der Waals surface area contributed by atoms with E-state index >= 15 is 0 Å². The zero-order valence-electron chi connectivity index (χ0n) is 15.5. The molecular weight excluding hydrogens is 354 g/mol. The molecule has 1 fully saturated rings. The highest BCUT2D eigenvalue weighted by Crippen LogP contribution is 2.33. The van der Waals surface area contributed by atoms with E-state index in [0.717, 1.165) is 48.6 Å². The summed E-state index contributed by atoms with van der Waals surface area (Å²) in [5, 5.41) is 13.2. The first-order chi connectivity index (χ1) is 13.2. The molecular formula is C21H25N5O2. The molecule has 0 aliphatic carbocycles. The van der Waals surface area contributed by atoms with E-state index in [9.17, 15) is 10.1 Å². The summed E-state index contributed by atoms with van der Waals surface area (Å²) in [4.78, 5) is 19.6. The highest BCUT2D eigenvalue weighted by Gasteiger charge is 2.28. The lowest BCUT2D eigenvalue weighted by Gasteiger charge is -2.32. The van der Waals surface area contributed by atoms with Crippen LogP contribution in [0.2, 0.25) is 0 Å². The number of nitrogens with one attached hydrogen (secondary N) is 1. The Morgan fingerprint density at radius 2 is 2.04 bits per heavy atom. The monoisotopic (exact) mass is 379 g/mol. The molecule has 2 aromatic heterocycles. The van der Waals surface area contributed by atoms with Gasteiger partial charge in [-0.2, -0.15) is 5.26 Å². The third kappa shape index (κ3) is 2.96. The Hall–Kier alpha value is -3.11. The Bertz CT molecular complexity index is 1070. The Balaban J connectivity index is 0.00000225. The molecule has 1 saturated heterocycles. The average molecular weight is 379 g/mol. The van der Waals surface area contributed by atoms with Crippen LogP contribution in [0.4, 0.5) is 5.82 Å². The van der Waals surface area contributed by atoms with Crippen LogP contribution in [0.3, 0.4) is 0 Å². The van der Waals surface area contributed by atoms with E-state index in [-0.39, 0.29) is 19.6 Å². The van der Waals surface area contributed by atoms with Gasteiger partial charge in [-0.15, -0.1) is 0 Å². The molecule has 1 aliphatic heterocycles. The van der Waals surface area contributed by atoms with Crippen molar-refractivity contribution >= 4 is 28.5 Å². The molecule has 0 spiro atoms. The maximum atomic E-state index is 12.7. The quantitative estimate of drug-likeness (QED) is 0.705. The van der Waals surface area contributed by atoms with Gasteiger partial charge in [0.05, 0.1) is 23.2 Å². The maximum Gasteiger partial charge on any atom is 0.340 e. The SMILES string of the molecule is C.CCOC(=O)c1c(C)c(N2CCNCC2)n2c(nc3ccccc32)c1C#N. The van der Waals surface area contributed by atoms with Crippen LogP contribution in [-0.4, -0.2) is 48.1 Å². The molecule has 3 heterocycles. The number of rotatable bonds is 3. The largest absolute Gasteiger partial charge is 0.462 e. The number of hydrogen-bond donors (Lipinski definition) is 1. The summed E-state index contributed by atoms with van der Waals surface area (Å²) in [5.41, 5.74) is 3.56. The van der Waals surface area contributed by atoms with Crippen LogP contribution < -0.4 is 10.2 Å². The lowest BCUT2D eigenvalue weighted by Crippen LogP contribution is -2.44. The molecule has 0 unspecified atom stereocenters. The highest BCUT2D eigenvalue weighted by molar-refractivity contribution is 5.99. The number of carbonyl (C=O) groups excluding carboxylic acids is 1. The summed E-state index contributed by atoms with van der Waals surface area (Å²) in [5.74, 6) is 0.430. The Labute approximate surface area is 164 Å². The van der Waals surface area contributed by atoms with Gasteiger partial charge in [-0.05, 0) is 26.0 Å². The Kier molecular flexibility index (Phi) is 5.52. The van der Waals surface area contributed by atoms with Crippen molar-refractivity contribution in [2.24, 2.45) is 0 Å². The van der Waals surface area contributed by atoms with Gasteiger partial charge in [-0.3, -0.25) is 4.40 Å². The molecule has 4 rings (SSSR count). The first-order valence-electron chi connectivity index (χ1n) is 9.14. The fraction of sp³-hybridized carbons (Fsp3) is 0.381. The number of imidazole rings is 1. The van der Waals surface area contributed by atoms with E-state index in [4.69, 9.17) is 4.74 Å². The molecule has 0 radical (unpaired) electrons. The fourth-order valence-corrected chi connectivity index (χ4v) is 3.81. The molecule has 7 heteroatoms. The zero-order chi connectivity index (χ0) is 19.0. The predicted molar refractivity (Wildman–Crippen MR) is 110 cm³/mol. The molecule has 0 atom stereocenters. The molecule has 0 amide bonds. The van der Waals surface area contributed by atoms with E-state index in [1.807, 2.05) is 35.6 Å². The number of benzene rings is 1. The minimum atomic E-state index is -0.475. The number of esters is 1. The van der Waals surface area contributed by atoms with Crippen LogP contribution in [0, 0.1) is 18.3 Å². The molecule has 28 heavy (non-hydrogen) atoms. The van der Waals surface area contributed by atoms with Crippen LogP contribution in [0.5, 0.6) is 0 Å². The second kappa shape index (κ2) is 7.87. The van der Waals surface area contributed by atoms with Crippen molar-refractivity contribution in [1.82, 2.24) is 14.7 Å². The zero-order valence-corrected chi connectivity index (χ0v) is 15.5. The number of nitrogens with zero attached hydrogens (tertiary/aromatic N) is 4. The van der Waals surface area contributed by atoms with Crippen LogP contribution in [-0.2, 0) is 4.74 Å². The first-order valence-corrected chi connectivity index (χ1v) is 9.14. The summed E-state index contributed by atoms with van der Waals surface area (Å²) >= 11 is 0. The molecule has 0 saturated carbocycles. The van der Waals surface area contributed by atoms with Gasteiger partial charge >= 0.3 is 5.97 Å². The van der Waals surface area contributed by atoms with E-state index in [1.54, 1.807) is 6.92 Å². The molecule has 1 aliphatic rings. The molecule has 1 N–H and O–H groups in total. The number of aromatic nitrogens is 2. The van der Waals surface area contributed by atoms with Crippen LogP contribution in [0.1, 0.15) is 35.8 Å². The number of para-hydroxylation sites is 2. The second-order valence-corrected chi connectivity index (χ2v) is 6.53. The smallest absolute Gasteiger partial charge is 0.340 e. The minimum Gasteiger partial charge on any atom is -0.462 e. The van der Waals surface area contributed by atoms with Gasteiger partial charge in [0.2, 0.25) is 0 Å². The predicted octanol–water partition coefficient (Wildman–Crippen LogP) is 2.89. The number of fused-ring (bicyclic) bond motifs is 3. The molecule has 146 valence electrons. The first kappa shape index (κ1) is 19.6. The van der Waals surface area contributed by atoms with Crippen molar-refractivity contribution in [2.75, 3.05) is 37.7 Å². The molecule has 3 aromatic rings. The number of hydrogen-bond acceptors (Lipinski definition) is 6. The van der Waals surface area contributed by atoms with E-state index in [1.165, 1.54) is 0 Å². The summed E-state index contributed by atoms with van der Waals surface area (Å²) in [6.07, 6.45) is 0. The number of piperazine rings is 1. The lowest BCUT2D eigenvalue weighted by molar-refractivity contribution is 0.0525. The summed E-state index contributed by atoms with van der Waals surface area (Å²) in [7, 11) is 0. The second-order valence-electron chi connectivity index (χ2n) is 6.53. The molecule has 1 aromatic carbocycles. The molecule has 0 bridgehead atoms. The number of nitriles is 1. The van der Waals surface area contributed by atoms with Crippen molar-refractivity contribution in [3.63, 3.8) is 0 Å². The summed E-state index contributed by atoms with van der Waals surface area (Å²) < 4.78 is 7.27. The normalized spacial score (nSPS) is 14.0. The minimum absolute atomic E-state index is 0. The fourth-order valence-electron chi connectivity index (χ4n) is 3.81. The lowest BCUT2D eigenvalue weighted by atomic mass is 10.0. The number of anilines is 1. The number of pyridine rings is 1. The van der Waals surface area contributed by atoms with Crippen molar-refractivity contribution in [1.29, 1.82) is 5.26 Å². The molecule has 7 nitrogen and oxygen atoms in total. The number of carbonyl (C=O) groups is 1. The maximum absolute atomic E-state index is 12.7. The Morgan fingerprint density at radius 3 is 2.71 bits per heavy atom. The standard InChI is InChI=1S/C20H21N5O2.CH4/c1-3-27-20(26)17-13(2)19(24-10-8-22-9-11-24)25-16-7-5-4-6-15(16)23-18(25)14(17)12-21;/h4-7,22H,3,8-11H2,1-2H3;1H4. The summed E-state index contributed by atoms with van der Waals surface area (Å²) in [6.45, 7) is 7.27. The van der Waals surface area contributed by atoms with Crippen molar-refractivity contribution < 1.29 is 9.53 Å². The van der Waals surface area contributed by atoms with Gasteiger partial charge in [-0.1, -0.05) is 19.6 Å². The van der Waals surface area contributed by atoms with E-state index in [0.29, 0.717) is 11.2 Å². The van der Waals surface area contributed by atoms with Gasteiger partial charge in [0.25, 0.3) is 0 Å². The average Bonchev–Trinajstić information content (AvgIpc) is 3.07. The van der Waals surface area contributed by atoms with Crippen molar-refractivity contribution in [3.05, 3.63) is 41.0 Å². The third-order valence-corrected chi connectivity index (χ3v) is 4.96. The van der Waals surface area contributed by atoms with Gasteiger partial charge in [-0.25, -0.2) is 9.78 Å². The third-order valence-electron chi connectivity index (χ3n) is 4.96. The highest BCUT2D eigenvalue weighted by atomic mass is 16.5.